The van der Waals surface area contributed by atoms with Gasteiger partial charge in [0.2, 0.25) is 0 Å². The van der Waals surface area contributed by atoms with Crippen LogP contribution in [0.25, 0.3) is 93.9 Å². The predicted molar refractivity (Wildman–Crippen MR) is 254 cm³/mol. The maximum absolute atomic E-state index is 7.60. The molecule has 0 N–H and O–H groups in total. The van der Waals surface area contributed by atoms with E-state index in [1.807, 2.05) is 36.4 Å². The fraction of sp³-hybridized carbons (Fsp3) is 0.172. The molecule has 0 spiro atoms. The molecule has 4 nitrogen and oxygen atoms in total. The molecule has 4 bridgehead atoms. The van der Waals surface area contributed by atoms with Crippen LogP contribution in [-0.2, 0) is 5.41 Å². The summed E-state index contributed by atoms with van der Waals surface area (Å²) in [5.74, 6) is 4.50. The van der Waals surface area contributed by atoms with Crippen LogP contribution < -0.4 is 0 Å². The molecule has 0 amide bonds. The molecule has 1 aromatic heterocycles. The van der Waals surface area contributed by atoms with Crippen molar-refractivity contribution in [1.82, 2.24) is 15.0 Å². The first-order valence-corrected chi connectivity index (χ1v) is 22.1. The molecule has 0 atom stereocenters. The van der Waals surface area contributed by atoms with Gasteiger partial charge in [0.15, 0.2) is 23.2 Å². The van der Waals surface area contributed by atoms with E-state index in [0.717, 1.165) is 67.5 Å². The lowest BCUT2D eigenvalue weighted by molar-refractivity contribution is -0.00518. The van der Waals surface area contributed by atoms with Crippen molar-refractivity contribution >= 4 is 27.2 Å². The maximum atomic E-state index is 7.60. The van der Waals surface area contributed by atoms with Gasteiger partial charge in [-0.25, -0.2) is 19.8 Å². The van der Waals surface area contributed by atoms with Crippen molar-refractivity contribution in [2.45, 2.75) is 43.9 Å². The van der Waals surface area contributed by atoms with Gasteiger partial charge in [-0.3, -0.25) is 0 Å². The van der Waals surface area contributed by atoms with Crippen molar-refractivity contribution in [3.8, 4) is 67.5 Å². The van der Waals surface area contributed by atoms with E-state index in [-0.39, 0.29) is 0 Å². The van der Waals surface area contributed by atoms with Crippen LogP contribution in [0.15, 0.2) is 176 Å². The summed E-state index contributed by atoms with van der Waals surface area (Å²) in [6, 6.07) is 62.4. The SMILES string of the molecule is [C-]#[N+]c1ccc(-c2nc(-c3cc(-c4ccccc4)cc(-c4ccccc4)c3)nc(-c3c4ccccc4c(-c4ccc(C56CC7CC(CC(C7)C5)C6)cc4)c4ccccc34)n2)cc1. The van der Waals surface area contributed by atoms with Gasteiger partial charge in [-0.15, -0.1) is 0 Å². The summed E-state index contributed by atoms with van der Waals surface area (Å²) in [6.07, 6.45) is 8.45. The summed E-state index contributed by atoms with van der Waals surface area (Å²) in [7, 11) is 0. The monoisotopic (exact) mass is 796 g/mol. The standard InChI is InChI=1S/C58H44N4/c1-59-48-26-22-43(23-27-48)55-60-56(46-32-44(40-12-4-2-5-13-40)31-45(33-46)41-14-6-3-7-15-41)62-57(61-55)54-51-18-10-8-16-49(51)53(50-17-9-11-19-52(50)54)42-20-24-47(25-21-42)58-34-37-28-38(35-58)30-39(29-37)36-58/h2-27,31-33,37-39H,28-30,34-36H2. The van der Waals surface area contributed by atoms with Crippen LogP contribution in [-0.4, -0.2) is 15.0 Å². The number of nitrogens with zero attached hydrogens (tertiary/aromatic N) is 4. The minimum Gasteiger partial charge on any atom is -0.238 e. The molecule has 13 rings (SSSR count). The molecule has 0 saturated heterocycles. The van der Waals surface area contributed by atoms with Gasteiger partial charge >= 0.3 is 0 Å². The Balaban J connectivity index is 1.06. The van der Waals surface area contributed by atoms with Gasteiger partial charge in [0.05, 0.1) is 6.57 Å². The predicted octanol–water partition coefficient (Wildman–Crippen LogP) is 15.2. The first-order valence-electron chi connectivity index (χ1n) is 22.1. The van der Waals surface area contributed by atoms with E-state index in [4.69, 9.17) is 21.5 Å². The molecule has 8 aromatic carbocycles. The average Bonchev–Trinajstić information content (AvgIpc) is 3.33. The van der Waals surface area contributed by atoms with E-state index in [1.165, 1.54) is 60.4 Å². The zero-order valence-corrected chi connectivity index (χ0v) is 34.5. The van der Waals surface area contributed by atoms with Gasteiger partial charge in [0.1, 0.15) is 0 Å². The van der Waals surface area contributed by atoms with Crippen LogP contribution in [0.5, 0.6) is 0 Å². The van der Waals surface area contributed by atoms with Crippen LogP contribution in [0.1, 0.15) is 44.1 Å². The van der Waals surface area contributed by atoms with Crippen LogP contribution in [0.3, 0.4) is 0 Å². The van der Waals surface area contributed by atoms with Crippen molar-refractivity contribution in [2.24, 2.45) is 17.8 Å². The summed E-state index contributed by atoms with van der Waals surface area (Å²) < 4.78 is 0. The zero-order valence-electron chi connectivity index (χ0n) is 34.5. The van der Waals surface area contributed by atoms with Crippen LogP contribution in [0.2, 0.25) is 0 Å². The first-order chi connectivity index (χ1) is 30.6. The number of rotatable bonds is 7. The fourth-order valence-electron chi connectivity index (χ4n) is 11.9. The minimum atomic E-state index is 0.355. The third-order valence-corrected chi connectivity index (χ3v) is 14.3. The van der Waals surface area contributed by atoms with E-state index in [2.05, 4.69) is 144 Å². The van der Waals surface area contributed by atoms with Gasteiger partial charge in [-0.2, -0.15) is 0 Å². The zero-order chi connectivity index (χ0) is 41.2. The molecular weight excluding hydrogens is 753 g/mol. The summed E-state index contributed by atoms with van der Waals surface area (Å²) in [4.78, 5) is 19.6. The summed E-state index contributed by atoms with van der Waals surface area (Å²) in [5.41, 5.74) is 12.1. The Kier molecular flexibility index (Phi) is 8.71. The van der Waals surface area contributed by atoms with E-state index in [9.17, 15) is 0 Å². The molecule has 0 radical (unpaired) electrons. The molecule has 0 aliphatic heterocycles. The Morgan fingerprint density at radius 1 is 0.387 bits per heavy atom. The van der Waals surface area contributed by atoms with Crippen molar-refractivity contribution in [3.63, 3.8) is 0 Å². The molecule has 4 heteroatoms. The van der Waals surface area contributed by atoms with Gasteiger partial charge in [-0.05, 0) is 140 Å². The second-order valence-electron chi connectivity index (χ2n) is 18.1. The molecule has 62 heavy (non-hydrogen) atoms. The molecule has 9 aromatic rings. The van der Waals surface area contributed by atoms with E-state index in [1.54, 1.807) is 5.56 Å². The second-order valence-corrected chi connectivity index (χ2v) is 18.1. The van der Waals surface area contributed by atoms with Crippen molar-refractivity contribution in [2.75, 3.05) is 0 Å². The number of fused-ring (bicyclic) bond motifs is 2. The topological polar surface area (TPSA) is 43.0 Å². The lowest BCUT2D eigenvalue weighted by Crippen LogP contribution is -2.48. The highest BCUT2D eigenvalue weighted by atomic mass is 15.0. The molecular formula is C58H44N4. The highest BCUT2D eigenvalue weighted by Gasteiger charge is 2.51. The highest BCUT2D eigenvalue weighted by molar-refractivity contribution is 6.20. The number of hydrogen-bond donors (Lipinski definition) is 0. The third kappa shape index (κ3) is 6.31. The van der Waals surface area contributed by atoms with Crippen molar-refractivity contribution in [3.05, 3.63) is 193 Å². The van der Waals surface area contributed by atoms with E-state index >= 15 is 0 Å². The van der Waals surface area contributed by atoms with Crippen LogP contribution in [0, 0.1) is 24.3 Å². The number of hydrogen-bond acceptors (Lipinski definition) is 3. The Hall–Kier alpha value is -7.22. The molecule has 4 aliphatic carbocycles. The van der Waals surface area contributed by atoms with E-state index < -0.39 is 0 Å². The van der Waals surface area contributed by atoms with Gasteiger partial charge in [0.25, 0.3) is 0 Å². The lowest BCUT2D eigenvalue weighted by Gasteiger charge is -2.57. The van der Waals surface area contributed by atoms with Crippen molar-refractivity contribution < 1.29 is 0 Å². The first kappa shape index (κ1) is 36.6. The van der Waals surface area contributed by atoms with Gasteiger partial charge in [0, 0.05) is 16.7 Å². The minimum absolute atomic E-state index is 0.355. The largest absolute Gasteiger partial charge is 0.238 e. The Labute approximate surface area is 362 Å². The van der Waals surface area contributed by atoms with Crippen LogP contribution in [0.4, 0.5) is 5.69 Å². The molecule has 296 valence electrons. The summed E-state index contributed by atoms with van der Waals surface area (Å²) in [6.45, 7) is 7.60. The summed E-state index contributed by atoms with van der Waals surface area (Å²) in [5, 5.41) is 4.54. The van der Waals surface area contributed by atoms with Gasteiger partial charge in [-0.1, -0.05) is 158 Å². The average molecular weight is 797 g/mol. The number of aromatic nitrogens is 3. The van der Waals surface area contributed by atoms with Crippen molar-refractivity contribution in [1.29, 1.82) is 0 Å². The normalized spacial score (nSPS) is 20.1. The Morgan fingerprint density at radius 3 is 1.31 bits per heavy atom. The molecule has 1 heterocycles. The fourth-order valence-corrected chi connectivity index (χ4v) is 11.9. The van der Waals surface area contributed by atoms with Crippen LogP contribution >= 0.6 is 0 Å². The summed E-state index contributed by atoms with van der Waals surface area (Å²) >= 11 is 0. The smallest absolute Gasteiger partial charge is 0.187 e. The molecule has 4 saturated carbocycles. The van der Waals surface area contributed by atoms with Gasteiger partial charge < -0.3 is 0 Å². The Bertz CT molecular complexity index is 3050. The third-order valence-electron chi connectivity index (χ3n) is 14.3. The number of benzene rings is 8. The maximum Gasteiger partial charge on any atom is 0.187 e. The second kappa shape index (κ2) is 14.8. The van der Waals surface area contributed by atoms with E-state index in [0.29, 0.717) is 28.6 Å². The molecule has 0 unspecified atom stereocenters. The Morgan fingerprint density at radius 2 is 0.806 bits per heavy atom. The highest BCUT2D eigenvalue weighted by Crippen LogP contribution is 2.61. The quantitative estimate of drug-likeness (QED) is 0.119. The lowest BCUT2D eigenvalue weighted by atomic mass is 9.48. The molecule has 4 aliphatic rings. The molecule has 4 fully saturated rings.